The average Bonchev–Trinajstić information content (AvgIpc) is 2.83. The van der Waals surface area contributed by atoms with Crippen LogP contribution in [0, 0.1) is 5.41 Å². The predicted octanol–water partition coefficient (Wildman–Crippen LogP) is 3.63. The summed E-state index contributed by atoms with van der Waals surface area (Å²) in [4.78, 5) is 0. The Morgan fingerprint density at radius 3 is 2.65 bits per heavy atom. The van der Waals surface area contributed by atoms with E-state index < -0.39 is 0 Å². The lowest BCUT2D eigenvalue weighted by atomic mass is 9.69. The van der Waals surface area contributed by atoms with Crippen LogP contribution in [0.1, 0.15) is 71.1 Å². The molecule has 2 aliphatic rings. The first-order valence-electron chi connectivity index (χ1n) is 7.58. The first-order chi connectivity index (χ1) is 8.21. The van der Waals surface area contributed by atoms with E-state index in [9.17, 15) is 0 Å². The van der Waals surface area contributed by atoms with Gasteiger partial charge in [-0.3, -0.25) is 0 Å². The van der Waals surface area contributed by atoms with Gasteiger partial charge in [0.25, 0.3) is 0 Å². The van der Waals surface area contributed by atoms with Gasteiger partial charge in [0.05, 0.1) is 6.10 Å². The molecule has 1 aliphatic heterocycles. The van der Waals surface area contributed by atoms with Gasteiger partial charge in [-0.15, -0.1) is 0 Å². The summed E-state index contributed by atoms with van der Waals surface area (Å²) >= 11 is 0. The molecule has 2 atom stereocenters. The molecule has 0 aromatic heterocycles. The maximum Gasteiger partial charge on any atom is 0.0576 e. The molecule has 1 aliphatic carbocycles. The zero-order chi connectivity index (χ0) is 12.1. The first-order valence-corrected chi connectivity index (χ1v) is 7.58. The Morgan fingerprint density at radius 1 is 1.24 bits per heavy atom. The first kappa shape index (κ1) is 13.4. The van der Waals surface area contributed by atoms with Gasteiger partial charge in [0.1, 0.15) is 0 Å². The highest BCUT2D eigenvalue weighted by molar-refractivity contribution is 4.88. The van der Waals surface area contributed by atoms with Crippen LogP contribution < -0.4 is 5.73 Å². The summed E-state index contributed by atoms with van der Waals surface area (Å²) < 4.78 is 5.66. The summed E-state index contributed by atoms with van der Waals surface area (Å²) in [7, 11) is 0. The van der Waals surface area contributed by atoms with E-state index in [0.29, 0.717) is 17.6 Å². The van der Waals surface area contributed by atoms with Crippen LogP contribution in [0.5, 0.6) is 0 Å². The molecule has 2 fully saturated rings. The second-order valence-electron chi connectivity index (χ2n) is 6.39. The van der Waals surface area contributed by atoms with E-state index in [0.717, 1.165) is 6.61 Å². The van der Waals surface area contributed by atoms with E-state index in [1.165, 1.54) is 64.2 Å². The summed E-state index contributed by atoms with van der Waals surface area (Å²) in [6, 6.07) is 0.407. The third-order valence-corrected chi connectivity index (χ3v) is 4.96. The van der Waals surface area contributed by atoms with Crippen molar-refractivity contribution in [3.63, 3.8) is 0 Å². The fraction of sp³-hybridized carbons (Fsp3) is 1.00. The lowest BCUT2D eigenvalue weighted by molar-refractivity contribution is 0.0973. The van der Waals surface area contributed by atoms with E-state index in [1.807, 2.05) is 0 Å². The van der Waals surface area contributed by atoms with Crippen molar-refractivity contribution >= 4 is 0 Å². The second kappa shape index (κ2) is 6.19. The molecule has 1 heterocycles. The minimum absolute atomic E-state index is 0.407. The Bertz CT molecular complexity index is 217. The van der Waals surface area contributed by atoms with Gasteiger partial charge < -0.3 is 10.5 Å². The van der Waals surface area contributed by atoms with Gasteiger partial charge >= 0.3 is 0 Å². The number of hydrogen-bond donors (Lipinski definition) is 1. The van der Waals surface area contributed by atoms with Crippen LogP contribution in [0.25, 0.3) is 0 Å². The highest BCUT2D eigenvalue weighted by Crippen LogP contribution is 2.39. The predicted molar refractivity (Wildman–Crippen MR) is 72.0 cm³/mol. The molecular weight excluding hydrogens is 210 g/mol. The van der Waals surface area contributed by atoms with Crippen LogP contribution >= 0.6 is 0 Å². The third-order valence-electron chi connectivity index (χ3n) is 4.96. The highest BCUT2D eigenvalue weighted by atomic mass is 16.5. The Kier molecular flexibility index (Phi) is 4.87. The van der Waals surface area contributed by atoms with E-state index in [2.05, 4.69) is 6.92 Å². The molecule has 0 bridgehead atoms. The molecule has 0 spiro atoms. The normalized spacial score (nSPS) is 30.4. The van der Waals surface area contributed by atoms with Crippen molar-refractivity contribution in [1.82, 2.24) is 0 Å². The SMILES string of the molecule is CC1(C(N)CCCC2CCCO2)CCCCC1. The average molecular weight is 239 g/mol. The largest absolute Gasteiger partial charge is 0.378 e. The molecule has 0 radical (unpaired) electrons. The molecular formula is C15H29NO. The quantitative estimate of drug-likeness (QED) is 0.795. The van der Waals surface area contributed by atoms with Gasteiger partial charge in [0.15, 0.2) is 0 Å². The Morgan fingerprint density at radius 2 is 2.00 bits per heavy atom. The maximum absolute atomic E-state index is 6.43. The molecule has 2 heteroatoms. The topological polar surface area (TPSA) is 35.2 Å². The van der Waals surface area contributed by atoms with Crippen molar-refractivity contribution < 1.29 is 4.74 Å². The molecule has 1 saturated carbocycles. The van der Waals surface area contributed by atoms with Crippen molar-refractivity contribution in [3.05, 3.63) is 0 Å². The standard InChI is InChI=1S/C15H29NO/c1-15(10-3-2-4-11-15)14(16)9-5-7-13-8-6-12-17-13/h13-14H,2-12,16H2,1H3. The lowest BCUT2D eigenvalue weighted by Crippen LogP contribution is -2.41. The van der Waals surface area contributed by atoms with Gasteiger partial charge in [0.2, 0.25) is 0 Å². The molecule has 0 amide bonds. The Hall–Kier alpha value is -0.0800. The summed E-state index contributed by atoms with van der Waals surface area (Å²) in [5.74, 6) is 0. The number of ether oxygens (including phenoxy) is 1. The second-order valence-corrected chi connectivity index (χ2v) is 6.39. The maximum atomic E-state index is 6.43. The smallest absolute Gasteiger partial charge is 0.0576 e. The van der Waals surface area contributed by atoms with E-state index in [4.69, 9.17) is 10.5 Å². The fourth-order valence-electron chi connectivity index (χ4n) is 3.52. The molecule has 1 saturated heterocycles. The molecule has 2 N–H and O–H groups in total. The van der Waals surface area contributed by atoms with E-state index in [1.54, 1.807) is 0 Å². The Balaban J connectivity index is 1.66. The summed E-state index contributed by atoms with van der Waals surface area (Å²) in [5, 5.41) is 0. The van der Waals surface area contributed by atoms with E-state index >= 15 is 0 Å². The van der Waals surface area contributed by atoms with Gasteiger partial charge in [-0.2, -0.15) is 0 Å². The van der Waals surface area contributed by atoms with E-state index in [-0.39, 0.29) is 0 Å². The molecule has 0 aromatic carbocycles. The van der Waals surface area contributed by atoms with Crippen molar-refractivity contribution in [2.45, 2.75) is 83.3 Å². The van der Waals surface area contributed by atoms with Crippen molar-refractivity contribution in [2.24, 2.45) is 11.1 Å². The Labute approximate surface area is 106 Å². The van der Waals surface area contributed by atoms with Crippen molar-refractivity contribution in [1.29, 1.82) is 0 Å². The van der Waals surface area contributed by atoms with Crippen LogP contribution in [0.2, 0.25) is 0 Å². The van der Waals surface area contributed by atoms with Crippen LogP contribution in [0.3, 0.4) is 0 Å². The van der Waals surface area contributed by atoms with Crippen LogP contribution in [0.4, 0.5) is 0 Å². The van der Waals surface area contributed by atoms with Gasteiger partial charge in [-0.25, -0.2) is 0 Å². The van der Waals surface area contributed by atoms with Crippen LogP contribution in [0.15, 0.2) is 0 Å². The molecule has 17 heavy (non-hydrogen) atoms. The fourth-order valence-corrected chi connectivity index (χ4v) is 3.52. The molecule has 0 aromatic rings. The van der Waals surface area contributed by atoms with Gasteiger partial charge in [-0.05, 0) is 50.4 Å². The highest BCUT2D eigenvalue weighted by Gasteiger charge is 2.32. The molecule has 2 nitrogen and oxygen atoms in total. The van der Waals surface area contributed by atoms with Gasteiger partial charge in [-0.1, -0.05) is 26.2 Å². The van der Waals surface area contributed by atoms with Crippen LogP contribution in [-0.4, -0.2) is 18.8 Å². The number of nitrogens with two attached hydrogens (primary N) is 1. The number of hydrogen-bond acceptors (Lipinski definition) is 2. The van der Waals surface area contributed by atoms with Crippen molar-refractivity contribution in [3.8, 4) is 0 Å². The lowest BCUT2D eigenvalue weighted by Gasteiger charge is -2.39. The summed E-state index contributed by atoms with van der Waals surface area (Å²) in [5.41, 5.74) is 6.85. The third kappa shape index (κ3) is 3.69. The molecule has 2 rings (SSSR count). The molecule has 100 valence electrons. The molecule has 2 unspecified atom stereocenters. The zero-order valence-electron chi connectivity index (χ0n) is 11.4. The summed E-state index contributed by atoms with van der Waals surface area (Å²) in [6.45, 7) is 3.39. The van der Waals surface area contributed by atoms with Crippen molar-refractivity contribution in [2.75, 3.05) is 6.61 Å². The monoisotopic (exact) mass is 239 g/mol. The van der Waals surface area contributed by atoms with Crippen LogP contribution in [-0.2, 0) is 4.74 Å². The zero-order valence-corrected chi connectivity index (χ0v) is 11.4. The summed E-state index contributed by atoms with van der Waals surface area (Å²) in [6.07, 6.45) is 13.6. The number of rotatable bonds is 5. The van der Waals surface area contributed by atoms with Gasteiger partial charge in [0, 0.05) is 12.6 Å². The minimum atomic E-state index is 0.407. The minimum Gasteiger partial charge on any atom is -0.378 e.